The van der Waals surface area contributed by atoms with Crippen molar-refractivity contribution in [3.05, 3.63) is 34.9 Å². The third-order valence-corrected chi connectivity index (χ3v) is 3.93. The summed E-state index contributed by atoms with van der Waals surface area (Å²) in [5.41, 5.74) is 5.06. The lowest BCUT2D eigenvalue weighted by atomic mass is 9.90. The third-order valence-electron chi connectivity index (χ3n) is 3.93. The van der Waals surface area contributed by atoms with Gasteiger partial charge in [0, 0.05) is 12.1 Å². The molecule has 1 fully saturated rings. The van der Waals surface area contributed by atoms with E-state index in [1.807, 2.05) is 0 Å². The Labute approximate surface area is 85.7 Å². The topological polar surface area (TPSA) is 3.24 Å². The summed E-state index contributed by atoms with van der Waals surface area (Å²) < 4.78 is 0. The molecule has 0 bridgehead atoms. The van der Waals surface area contributed by atoms with Crippen molar-refractivity contribution in [2.75, 3.05) is 13.6 Å². The number of fused-ring (bicyclic) bond motifs is 2. The molecular weight excluding hydrogens is 170 g/mol. The number of aryl methyl sites for hydroxylation is 1. The van der Waals surface area contributed by atoms with Gasteiger partial charge in [0.2, 0.25) is 0 Å². The van der Waals surface area contributed by atoms with Crippen LogP contribution in [0.4, 0.5) is 0 Å². The molecule has 0 radical (unpaired) electrons. The van der Waals surface area contributed by atoms with Gasteiger partial charge in [-0.3, -0.25) is 4.90 Å². The lowest BCUT2D eigenvalue weighted by Gasteiger charge is -2.35. The summed E-state index contributed by atoms with van der Waals surface area (Å²) >= 11 is 0. The molecule has 1 aliphatic heterocycles. The Balaban J connectivity index is 2.14. The average Bonchev–Trinajstić information content (AvgIpc) is 2.94. The van der Waals surface area contributed by atoms with Gasteiger partial charge in [-0.05, 0) is 44.4 Å². The second-order valence-electron chi connectivity index (χ2n) is 4.86. The molecule has 2 aliphatic rings. The molecule has 0 atom stereocenters. The minimum Gasteiger partial charge on any atom is -0.296 e. The molecule has 1 heteroatoms. The average molecular weight is 187 g/mol. The Kier molecular flexibility index (Phi) is 1.58. The Morgan fingerprint density at radius 2 is 2.07 bits per heavy atom. The van der Waals surface area contributed by atoms with Crippen LogP contribution in [0.2, 0.25) is 0 Å². The minimum absolute atomic E-state index is 0.446. The molecule has 1 aromatic rings. The van der Waals surface area contributed by atoms with Crippen molar-refractivity contribution in [3.63, 3.8) is 0 Å². The number of likely N-dealkylation sites (N-methyl/N-ethyl adjacent to an activating group) is 1. The fourth-order valence-corrected chi connectivity index (χ4v) is 2.86. The maximum atomic E-state index is 2.55. The highest BCUT2D eigenvalue weighted by Gasteiger charge is 2.50. The Morgan fingerprint density at radius 3 is 2.79 bits per heavy atom. The van der Waals surface area contributed by atoms with Crippen LogP contribution in [0.5, 0.6) is 0 Å². The first-order valence-electron chi connectivity index (χ1n) is 5.54. The molecule has 0 saturated heterocycles. The van der Waals surface area contributed by atoms with E-state index < -0.39 is 0 Å². The highest BCUT2D eigenvalue weighted by Crippen LogP contribution is 2.53. The van der Waals surface area contributed by atoms with Gasteiger partial charge in [0.1, 0.15) is 0 Å². The third kappa shape index (κ3) is 0.992. The molecule has 1 spiro atoms. The van der Waals surface area contributed by atoms with Gasteiger partial charge in [0.15, 0.2) is 0 Å². The molecule has 0 aromatic heterocycles. The van der Waals surface area contributed by atoms with E-state index in [0.717, 1.165) is 0 Å². The molecule has 14 heavy (non-hydrogen) atoms. The van der Waals surface area contributed by atoms with E-state index in [4.69, 9.17) is 0 Å². The largest absolute Gasteiger partial charge is 0.296 e. The van der Waals surface area contributed by atoms with Crippen LogP contribution < -0.4 is 0 Å². The molecule has 1 heterocycles. The van der Waals surface area contributed by atoms with Crippen LogP contribution in [-0.4, -0.2) is 18.5 Å². The summed E-state index contributed by atoms with van der Waals surface area (Å²) in [4.78, 5) is 2.55. The summed E-state index contributed by atoms with van der Waals surface area (Å²) in [6, 6.07) is 6.99. The summed E-state index contributed by atoms with van der Waals surface area (Å²) in [5.74, 6) is 0. The standard InChI is InChI=1S/C13H17N/c1-10-3-4-12-11(9-10)5-8-14(2)13(12)6-7-13/h3-4,9H,5-8H2,1-2H3. The Bertz CT molecular complexity index is 377. The molecule has 74 valence electrons. The van der Waals surface area contributed by atoms with Crippen LogP contribution in [0.3, 0.4) is 0 Å². The summed E-state index contributed by atoms with van der Waals surface area (Å²) in [7, 11) is 2.27. The van der Waals surface area contributed by atoms with E-state index in [-0.39, 0.29) is 0 Å². The number of benzene rings is 1. The molecule has 1 nitrogen and oxygen atoms in total. The van der Waals surface area contributed by atoms with E-state index in [1.165, 1.54) is 31.4 Å². The van der Waals surface area contributed by atoms with E-state index in [1.54, 1.807) is 11.1 Å². The van der Waals surface area contributed by atoms with Crippen LogP contribution in [-0.2, 0) is 12.0 Å². The first-order chi connectivity index (χ1) is 6.72. The van der Waals surface area contributed by atoms with E-state index in [9.17, 15) is 0 Å². The molecule has 3 rings (SSSR count). The summed E-state index contributed by atoms with van der Waals surface area (Å²) in [5, 5.41) is 0. The Morgan fingerprint density at radius 1 is 1.29 bits per heavy atom. The molecule has 0 N–H and O–H groups in total. The van der Waals surface area contributed by atoms with Crippen LogP contribution in [0, 0.1) is 6.92 Å². The number of nitrogens with zero attached hydrogens (tertiary/aromatic N) is 1. The van der Waals surface area contributed by atoms with Gasteiger partial charge < -0.3 is 0 Å². The lowest BCUT2D eigenvalue weighted by molar-refractivity contribution is 0.208. The second kappa shape index (κ2) is 2.60. The first-order valence-corrected chi connectivity index (χ1v) is 5.54. The van der Waals surface area contributed by atoms with Crippen molar-refractivity contribution in [1.82, 2.24) is 4.90 Å². The zero-order valence-electron chi connectivity index (χ0n) is 9.01. The van der Waals surface area contributed by atoms with E-state index >= 15 is 0 Å². The predicted molar refractivity (Wildman–Crippen MR) is 58.4 cm³/mol. The van der Waals surface area contributed by atoms with Gasteiger partial charge >= 0.3 is 0 Å². The van der Waals surface area contributed by atoms with E-state index in [2.05, 4.69) is 37.1 Å². The smallest absolute Gasteiger partial charge is 0.0462 e. The van der Waals surface area contributed by atoms with Gasteiger partial charge in [-0.15, -0.1) is 0 Å². The lowest BCUT2D eigenvalue weighted by Crippen LogP contribution is -2.38. The number of rotatable bonds is 0. The molecule has 1 saturated carbocycles. The maximum absolute atomic E-state index is 2.55. The first kappa shape index (κ1) is 8.49. The molecule has 1 aromatic carbocycles. The number of hydrogen-bond donors (Lipinski definition) is 0. The van der Waals surface area contributed by atoms with Crippen molar-refractivity contribution < 1.29 is 0 Å². The zero-order chi connectivity index (χ0) is 9.76. The summed E-state index contributed by atoms with van der Waals surface area (Å²) in [6.07, 6.45) is 3.95. The predicted octanol–water partition coefficient (Wildman–Crippen LogP) is 2.47. The van der Waals surface area contributed by atoms with E-state index in [0.29, 0.717) is 5.54 Å². The van der Waals surface area contributed by atoms with Crippen molar-refractivity contribution in [2.24, 2.45) is 0 Å². The normalized spacial score (nSPS) is 23.6. The van der Waals surface area contributed by atoms with Crippen molar-refractivity contribution >= 4 is 0 Å². The highest BCUT2D eigenvalue weighted by molar-refractivity contribution is 5.42. The monoisotopic (exact) mass is 187 g/mol. The van der Waals surface area contributed by atoms with Gasteiger partial charge in [-0.25, -0.2) is 0 Å². The van der Waals surface area contributed by atoms with Crippen LogP contribution in [0.25, 0.3) is 0 Å². The minimum atomic E-state index is 0.446. The zero-order valence-corrected chi connectivity index (χ0v) is 9.01. The molecule has 0 amide bonds. The quantitative estimate of drug-likeness (QED) is 0.603. The van der Waals surface area contributed by atoms with Gasteiger partial charge in [0.05, 0.1) is 0 Å². The molecule has 0 unspecified atom stereocenters. The van der Waals surface area contributed by atoms with Gasteiger partial charge in [-0.1, -0.05) is 23.8 Å². The highest BCUT2D eigenvalue weighted by atomic mass is 15.2. The van der Waals surface area contributed by atoms with Crippen molar-refractivity contribution in [3.8, 4) is 0 Å². The Hall–Kier alpha value is -0.820. The van der Waals surface area contributed by atoms with Crippen LogP contribution in [0.15, 0.2) is 18.2 Å². The molecular formula is C13H17N. The van der Waals surface area contributed by atoms with Gasteiger partial charge in [0.25, 0.3) is 0 Å². The van der Waals surface area contributed by atoms with Gasteiger partial charge in [-0.2, -0.15) is 0 Å². The summed E-state index contributed by atoms with van der Waals surface area (Å²) in [6.45, 7) is 3.43. The fourth-order valence-electron chi connectivity index (χ4n) is 2.86. The van der Waals surface area contributed by atoms with Crippen molar-refractivity contribution in [2.45, 2.75) is 31.7 Å². The fraction of sp³-hybridized carbons (Fsp3) is 0.538. The van der Waals surface area contributed by atoms with Crippen LogP contribution >= 0.6 is 0 Å². The second-order valence-corrected chi connectivity index (χ2v) is 4.86. The molecule has 1 aliphatic carbocycles. The maximum Gasteiger partial charge on any atom is 0.0462 e. The number of hydrogen-bond acceptors (Lipinski definition) is 1. The SMILES string of the molecule is Cc1ccc2c(c1)CCN(C)C21CC1. The van der Waals surface area contributed by atoms with Crippen LogP contribution in [0.1, 0.15) is 29.5 Å². The van der Waals surface area contributed by atoms with Crippen molar-refractivity contribution in [1.29, 1.82) is 0 Å².